The summed E-state index contributed by atoms with van der Waals surface area (Å²) < 4.78 is 0.975. The van der Waals surface area contributed by atoms with Gasteiger partial charge in [0.25, 0.3) is 0 Å². The standard InChI is InChI=1S/C25H39I/c1-25(2)23-6-4-3-5-21(23)22-12-10-19(15-24(22)25)16-7-8-18-14-20(26)11-9-17(18)13-16/h10,16-18,20-24H,3-9,11-15H2,1-2H3/t16?,17-,18?,20?,21?,22?,23?,24?/m0/s1. The lowest BCUT2D eigenvalue weighted by atomic mass is 9.62. The Morgan fingerprint density at radius 3 is 2.50 bits per heavy atom. The van der Waals surface area contributed by atoms with Crippen LogP contribution < -0.4 is 0 Å². The summed E-state index contributed by atoms with van der Waals surface area (Å²) in [6.45, 7) is 5.31. The van der Waals surface area contributed by atoms with Crippen molar-refractivity contribution in [1.82, 2.24) is 0 Å². The van der Waals surface area contributed by atoms with Gasteiger partial charge in [0.15, 0.2) is 0 Å². The Kier molecular flexibility index (Phi) is 5.02. The first-order valence-corrected chi connectivity index (χ1v) is 13.1. The molecule has 5 rings (SSSR count). The second-order valence-corrected chi connectivity index (χ2v) is 13.1. The van der Waals surface area contributed by atoms with Gasteiger partial charge in [-0.1, -0.05) is 60.9 Å². The molecule has 1 heteroatoms. The Balaban J connectivity index is 1.30. The molecule has 0 spiro atoms. The van der Waals surface area contributed by atoms with Crippen molar-refractivity contribution in [3.63, 3.8) is 0 Å². The summed E-state index contributed by atoms with van der Waals surface area (Å²) in [6, 6.07) is 0. The summed E-state index contributed by atoms with van der Waals surface area (Å²) in [4.78, 5) is 0. The van der Waals surface area contributed by atoms with Crippen LogP contribution in [0, 0.1) is 46.8 Å². The topological polar surface area (TPSA) is 0 Å². The van der Waals surface area contributed by atoms with E-state index in [1.807, 2.05) is 5.57 Å². The number of rotatable bonds is 1. The van der Waals surface area contributed by atoms with E-state index in [0.29, 0.717) is 5.41 Å². The molecule has 0 nitrogen and oxygen atoms in total. The molecule has 0 saturated heterocycles. The van der Waals surface area contributed by atoms with Gasteiger partial charge >= 0.3 is 0 Å². The van der Waals surface area contributed by atoms with Gasteiger partial charge in [-0.3, -0.25) is 0 Å². The molecule has 0 aromatic carbocycles. The lowest BCUT2D eigenvalue weighted by molar-refractivity contribution is 0.123. The molecule has 0 amide bonds. The van der Waals surface area contributed by atoms with Crippen LogP contribution in [0.2, 0.25) is 0 Å². The minimum Gasteiger partial charge on any atom is -0.0847 e. The van der Waals surface area contributed by atoms with Gasteiger partial charge in [0.05, 0.1) is 0 Å². The molecule has 26 heavy (non-hydrogen) atoms. The first-order chi connectivity index (χ1) is 12.5. The van der Waals surface area contributed by atoms with E-state index in [1.165, 1.54) is 64.2 Å². The molecular formula is C25H39I. The molecule has 0 aromatic rings. The lowest BCUT2D eigenvalue weighted by Gasteiger charge is -2.44. The Morgan fingerprint density at radius 2 is 1.62 bits per heavy atom. The summed E-state index contributed by atoms with van der Waals surface area (Å²) in [7, 11) is 0. The molecule has 4 fully saturated rings. The first-order valence-electron chi connectivity index (χ1n) is 11.9. The molecular weight excluding hydrogens is 427 g/mol. The van der Waals surface area contributed by atoms with Crippen LogP contribution in [0.5, 0.6) is 0 Å². The number of alkyl halides is 1. The Morgan fingerprint density at radius 1 is 0.846 bits per heavy atom. The maximum atomic E-state index is 2.78. The predicted molar refractivity (Wildman–Crippen MR) is 120 cm³/mol. The molecule has 5 aliphatic carbocycles. The van der Waals surface area contributed by atoms with Gasteiger partial charge in [0.1, 0.15) is 0 Å². The molecule has 8 atom stereocenters. The quantitative estimate of drug-likeness (QED) is 0.210. The predicted octanol–water partition coefficient (Wildman–Crippen LogP) is 7.81. The zero-order chi connectivity index (χ0) is 17.9. The van der Waals surface area contributed by atoms with Crippen molar-refractivity contribution in [2.75, 3.05) is 0 Å². The normalized spacial score (nSPS) is 50.3. The Labute approximate surface area is 175 Å². The van der Waals surface area contributed by atoms with E-state index in [0.717, 1.165) is 45.3 Å². The number of hydrogen-bond acceptors (Lipinski definition) is 0. The van der Waals surface area contributed by atoms with Crippen LogP contribution >= 0.6 is 22.6 Å². The number of halogens is 1. The fourth-order valence-corrected chi connectivity index (χ4v) is 9.61. The van der Waals surface area contributed by atoms with Crippen molar-refractivity contribution >= 4 is 22.6 Å². The monoisotopic (exact) mass is 466 g/mol. The lowest BCUT2D eigenvalue weighted by Crippen LogP contribution is -2.34. The van der Waals surface area contributed by atoms with Crippen molar-refractivity contribution in [3.8, 4) is 0 Å². The Bertz CT molecular complexity index is 561. The molecule has 0 radical (unpaired) electrons. The van der Waals surface area contributed by atoms with E-state index in [1.54, 1.807) is 12.8 Å². The van der Waals surface area contributed by atoms with Gasteiger partial charge in [-0.05, 0) is 111 Å². The molecule has 146 valence electrons. The van der Waals surface area contributed by atoms with Crippen LogP contribution in [0.25, 0.3) is 0 Å². The van der Waals surface area contributed by atoms with Gasteiger partial charge in [0.2, 0.25) is 0 Å². The minimum atomic E-state index is 0.603. The van der Waals surface area contributed by atoms with E-state index in [2.05, 4.69) is 42.5 Å². The van der Waals surface area contributed by atoms with E-state index in [9.17, 15) is 0 Å². The van der Waals surface area contributed by atoms with Gasteiger partial charge in [0, 0.05) is 3.92 Å². The molecule has 7 unspecified atom stereocenters. The second-order valence-electron chi connectivity index (χ2n) is 11.3. The summed E-state index contributed by atoms with van der Waals surface area (Å²) in [5.41, 5.74) is 2.53. The van der Waals surface area contributed by atoms with Crippen LogP contribution in [0.3, 0.4) is 0 Å². The molecule has 0 aliphatic heterocycles. The maximum absolute atomic E-state index is 2.78. The second kappa shape index (κ2) is 7.06. The molecule has 4 saturated carbocycles. The zero-order valence-electron chi connectivity index (χ0n) is 17.1. The fraction of sp³-hybridized carbons (Fsp3) is 0.920. The summed E-state index contributed by atoms with van der Waals surface area (Å²) in [6.07, 6.45) is 20.9. The highest BCUT2D eigenvalue weighted by molar-refractivity contribution is 14.1. The maximum Gasteiger partial charge on any atom is 0.0112 e. The average molecular weight is 466 g/mol. The van der Waals surface area contributed by atoms with E-state index in [4.69, 9.17) is 0 Å². The number of allylic oxidation sites excluding steroid dienone is 2. The third-order valence-corrected chi connectivity index (χ3v) is 11.1. The van der Waals surface area contributed by atoms with Crippen molar-refractivity contribution in [1.29, 1.82) is 0 Å². The van der Waals surface area contributed by atoms with E-state index < -0.39 is 0 Å². The molecule has 0 N–H and O–H groups in total. The highest BCUT2D eigenvalue weighted by Gasteiger charge is 2.55. The summed E-state index contributed by atoms with van der Waals surface area (Å²) >= 11 is 2.72. The Hall–Kier alpha value is 0.470. The largest absolute Gasteiger partial charge is 0.0847 e. The van der Waals surface area contributed by atoms with Crippen LogP contribution in [-0.2, 0) is 0 Å². The molecule has 0 heterocycles. The number of hydrogen-bond donors (Lipinski definition) is 0. The smallest absolute Gasteiger partial charge is 0.0112 e. The average Bonchev–Trinajstić information content (AvgIpc) is 2.89. The van der Waals surface area contributed by atoms with E-state index in [-0.39, 0.29) is 0 Å². The zero-order valence-corrected chi connectivity index (χ0v) is 19.2. The van der Waals surface area contributed by atoms with Gasteiger partial charge in [-0.25, -0.2) is 0 Å². The van der Waals surface area contributed by atoms with Crippen LogP contribution in [0.1, 0.15) is 90.9 Å². The van der Waals surface area contributed by atoms with Gasteiger partial charge in [-0.15, -0.1) is 0 Å². The minimum absolute atomic E-state index is 0.603. The third kappa shape index (κ3) is 3.05. The molecule has 5 aliphatic rings. The van der Waals surface area contributed by atoms with Crippen molar-refractivity contribution in [2.24, 2.45) is 46.8 Å². The molecule has 0 bridgehead atoms. The van der Waals surface area contributed by atoms with Crippen molar-refractivity contribution in [3.05, 3.63) is 11.6 Å². The number of fused-ring (bicyclic) bond motifs is 4. The fourth-order valence-electron chi connectivity index (χ4n) is 8.60. The van der Waals surface area contributed by atoms with Crippen LogP contribution in [0.4, 0.5) is 0 Å². The molecule has 0 aromatic heterocycles. The van der Waals surface area contributed by atoms with E-state index >= 15 is 0 Å². The SMILES string of the molecule is CC1(C)C2CCCCC2C2CC=C(C3CCC4CC(I)CC[C@H]4C3)CC21. The first kappa shape index (κ1) is 18.5. The summed E-state index contributed by atoms with van der Waals surface area (Å²) in [5.74, 6) is 7.23. The van der Waals surface area contributed by atoms with Crippen molar-refractivity contribution in [2.45, 2.75) is 94.8 Å². The van der Waals surface area contributed by atoms with Crippen LogP contribution in [0.15, 0.2) is 11.6 Å². The highest BCUT2D eigenvalue weighted by Crippen LogP contribution is 2.63. The highest BCUT2D eigenvalue weighted by atomic mass is 127. The van der Waals surface area contributed by atoms with Crippen LogP contribution in [-0.4, -0.2) is 3.92 Å². The van der Waals surface area contributed by atoms with Gasteiger partial charge < -0.3 is 0 Å². The van der Waals surface area contributed by atoms with Gasteiger partial charge in [-0.2, -0.15) is 0 Å². The van der Waals surface area contributed by atoms with Crippen molar-refractivity contribution < 1.29 is 0 Å². The third-order valence-electron chi connectivity index (χ3n) is 9.98. The summed E-state index contributed by atoms with van der Waals surface area (Å²) in [5, 5.41) is 0.